The summed E-state index contributed by atoms with van der Waals surface area (Å²) in [4.78, 5) is 0. The van der Waals surface area contributed by atoms with Gasteiger partial charge in [0.1, 0.15) is 22.8 Å². The maximum absolute atomic E-state index is 15.0. The van der Waals surface area contributed by atoms with E-state index in [4.69, 9.17) is 31.1 Å². The lowest BCUT2D eigenvalue weighted by Crippen LogP contribution is -2.36. The summed E-state index contributed by atoms with van der Waals surface area (Å²) in [6.07, 6.45) is 0. The van der Waals surface area contributed by atoms with Crippen molar-refractivity contribution in [2.45, 2.75) is 25.2 Å². The first-order valence-electron chi connectivity index (χ1n) is 13.6. The molecule has 0 N–H and O–H groups in total. The van der Waals surface area contributed by atoms with Crippen molar-refractivity contribution in [2.24, 2.45) is 5.10 Å². The summed E-state index contributed by atoms with van der Waals surface area (Å²) in [6.45, 7) is 1.24. The zero-order valence-electron chi connectivity index (χ0n) is 23.4. The molecular formula is C32H34N2O4P2S. The molecule has 6 nitrogen and oxygen atoms in total. The van der Waals surface area contributed by atoms with E-state index >= 15 is 0 Å². The molecule has 1 heterocycles. The number of hydrogen-bond acceptors (Lipinski definition) is 7. The van der Waals surface area contributed by atoms with E-state index in [0.29, 0.717) is 0 Å². The highest BCUT2D eigenvalue weighted by Crippen LogP contribution is 2.77. The first-order chi connectivity index (χ1) is 20.0. The maximum atomic E-state index is 15.0. The van der Waals surface area contributed by atoms with Crippen LogP contribution in [0.3, 0.4) is 0 Å². The minimum Gasteiger partial charge on any atom is -0.524 e. The van der Waals surface area contributed by atoms with Gasteiger partial charge in [-0.15, -0.1) is 5.10 Å². The molecule has 0 amide bonds. The van der Waals surface area contributed by atoms with Crippen molar-refractivity contribution in [1.29, 1.82) is 0 Å². The van der Waals surface area contributed by atoms with Crippen LogP contribution in [0.1, 0.15) is 30.6 Å². The molecule has 0 spiro atoms. The molecule has 0 fully saturated rings. The Balaban J connectivity index is 1.85. The van der Waals surface area contributed by atoms with E-state index in [9.17, 15) is 4.57 Å². The number of methoxy groups -OCH3 is 1. The fraction of sp³-hybridized carbons (Fsp3) is 0.219. The zero-order chi connectivity index (χ0) is 28.9. The van der Waals surface area contributed by atoms with Crippen molar-refractivity contribution in [3.05, 3.63) is 126 Å². The van der Waals surface area contributed by atoms with Gasteiger partial charge in [-0.3, -0.25) is 4.57 Å². The lowest BCUT2D eigenvalue weighted by Gasteiger charge is -2.43. The van der Waals surface area contributed by atoms with Crippen LogP contribution in [0.15, 0.2) is 120 Å². The molecule has 0 radical (unpaired) electrons. The van der Waals surface area contributed by atoms with Gasteiger partial charge in [-0.1, -0.05) is 78.9 Å². The number of ether oxygens (including phenoxy) is 1. The number of nitrogens with zero attached hydrogens (tertiary/aromatic N) is 2. The summed E-state index contributed by atoms with van der Waals surface area (Å²) in [5, 5.41) is 6.22. The van der Waals surface area contributed by atoms with Crippen LogP contribution in [-0.2, 0) is 25.9 Å². The van der Waals surface area contributed by atoms with Crippen LogP contribution in [0.2, 0.25) is 0 Å². The Hall–Kier alpha value is -2.92. The fourth-order valence-electron chi connectivity index (χ4n) is 5.29. The second-order valence-corrected chi connectivity index (χ2v) is 16.0. The molecule has 1 aliphatic rings. The maximum Gasteiger partial charge on any atom is 0.342 e. The monoisotopic (exact) mass is 604 g/mol. The smallest absolute Gasteiger partial charge is 0.342 e. The third-order valence-electron chi connectivity index (χ3n) is 7.04. The van der Waals surface area contributed by atoms with Crippen LogP contribution >= 0.6 is 14.2 Å². The van der Waals surface area contributed by atoms with Crippen molar-refractivity contribution in [3.8, 4) is 5.75 Å². The molecule has 0 aromatic heterocycles. The summed E-state index contributed by atoms with van der Waals surface area (Å²) in [6, 6.07) is 37.7. The Bertz CT molecular complexity index is 1500. The molecule has 0 saturated carbocycles. The largest absolute Gasteiger partial charge is 0.524 e. The number of benzene rings is 4. The van der Waals surface area contributed by atoms with Crippen LogP contribution < -0.4 is 14.8 Å². The molecule has 4 aromatic carbocycles. The van der Waals surface area contributed by atoms with Gasteiger partial charge in [-0.2, -0.15) is 4.78 Å². The highest BCUT2D eigenvalue weighted by molar-refractivity contribution is 8.46. The molecule has 0 saturated heterocycles. The molecular weight excluding hydrogens is 570 g/mol. The second kappa shape index (κ2) is 12.9. The van der Waals surface area contributed by atoms with Crippen molar-refractivity contribution < 1.29 is 18.3 Å². The van der Waals surface area contributed by atoms with E-state index in [-0.39, 0.29) is 13.2 Å². The Labute approximate surface area is 248 Å². The predicted octanol–water partition coefficient (Wildman–Crippen LogP) is 8.02. The van der Waals surface area contributed by atoms with E-state index in [1.165, 1.54) is 0 Å². The number of rotatable bonds is 11. The van der Waals surface area contributed by atoms with Gasteiger partial charge in [-0.25, -0.2) is 0 Å². The van der Waals surface area contributed by atoms with E-state index < -0.39 is 25.5 Å². The van der Waals surface area contributed by atoms with Crippen molar-refractivity contribution >= 4 is 43.2 Å². The zero-order valence-corrected chi connectivity index (χ0v) is 26.0. The van der Waals surface area contributed by atoms with Gasteiger partial charge in [0.05, 0.1) is 37.9 Å². The van der Waals surface area contributed by atoms with Gasteiger partial charge < -0.3 is 26.0 Å². The quantitative estimate of drug-likeness (QED) is 0.128. The molecule has 9 heteroatoms. The molecule has 212 valence electrons. The molecule has 4 aromatic rings. The Morgan fingerprint density at radius 1 is 0.829 bits per heavy atom. The van der Waals surface area contributed by atoms with Crippen molar-refractivity contribution in [1.82, 2.24) is 0 Å². The standard InChI is InChI=1S/C32H34N2O4P2S/c1-4-37-40(35,38-5-2)31(26-17-11-7-12-18-26)32-30(25-15-9-6-10-16-25)33-34(27-19-13-8-14-20-27)39(32,41)29-23-21-28(36-3)22-24-29/h6-24,31-32H,4-5H2,1-3H3. The number of anilines is 1. The lowest BCUT2D eigenvalue weighted by molar-refractivity contribution is 0.212. The van der Waals surface area contributed by atoms with Crippen molar-refractivity contribution in [2.75, 3.05) is 25.1 Å². The minimum atomic E-state index is -3.76. The SMILES string of the molecule is CCOP(=O)(OCC)C(c1ccccc1)C1C(c2ccccc2)=NN(c2ccccc2)[P+]1([S-])c1ccc(OC)cc1. The molecule has 3 atom stereocenters. The highest BCUT2D eigenvalue weighted by Gasteiger charge is 2.60. The molecule has 5 rings (SSSR count). The van der Waals surface area contributed by atoms with Gasteiger partial charge in [0.15, 0.2) is 0 Å². The van der Waals surface area contributed by atoms with Gasteiger partial charge >= 0.3 is 7.60 Å². The molecule has 0 aliphatic carbocycles. The Kier molecular flexibility index (Phi) is 9.33. The molecule has 1 aliphatic heterocycles. The summed E-state index contributed by atoms with van der Waals surface area (Å²) in [5.74, 6) is 0.732. The number of para-hydroxylation sites is 1. The summed E-state index contributed by atoms with van der Waals surface area (Å²) in [5.41, 5.74) is 2.19. The average molecular weight is 605 g/mol. The lowest BCUT2D eigenvalue weighted by atomic mass is 10.0. The Morgan fingerprint density at radius 2 is 1.37 bits per heavy atom. The Morgan fingerprint density at radius 3 is 1.90 bits per heavy atom. The topological polar surface area (TPSA) is 60.4 Å². The summed E-state index contributed by atoms with van der Waals surface area (Å²) in [7, 11) is -2.12. The minimum absolute atomic E-state index is 0.235. The summed E-state index contributed by atoms with van der Waals surface area (Å²) < 4.78 is 34.7. The van der Waals surface area contributed by atoms with Gasteiger partial charge in [0, 0.05) is 5.56 Å². The highest BCUT2D eigenvalue weighted by atomic mass is 32.7. The fourth-order valence-corrected chi connectivity index (χ4v) is 13.3. The first kappa shape index (κ1) is 29.6. The van der Waals surface area contributed by atoms with Gasteiger partial charge in [-0.05, 0) is 55.8 Å². The third-order valence-corrected chi connectivity index (χ3v) is 14.8. The molecule has 3 unspecified atom stereocenters. The summed E-state index contributed by atoms with van der Waals surface area (Å²) >= 11 is 6.88. The van der Waals surface area contributed by atoms with Crippen LogP contribution in [0.5, 0.6) is 5.75 Å². The van der Waals surface area contributed by atoms with E-state index in [1.807, 2.05) is 134 Å². The van der Waals surface area contributed by atoms with E-state index in [2.05, 4.69) is 0 Å². The average Bonchev–Trinajstić information content (AvgIpc) is 3.32. The van der Waals surface area contributed by atoms with Crippen LogP contribution in [-0.4, -0.2) is 31.7 Å². The second-order valence-electron chi connectivity index (χ2n) is 9.47. The normalized spacial score (nSPS) is 19.6. The first-order valence-corrected chi connectivity index (χ1v) is 18.1. The van der Waals surface area contributed by atoms with Crippen LogP contribution in [0, 0.1) is 0 Å². The van der Waals surface area contributed by atoms with Gasteiger partial charge in [0.25, 0.3) is 0 Å². The number of hydrazone groups is 1. The van der Waals surface area contributed by atoms with E-state index in [1.54, 1.807) is 7.11 Å². The third kappa shape index (κ3) is 5.75. The predicted molar refractivity (Wildman–Crippen MR) is 173 cm³/mol. The van der Waals surface area contributed by atoms with Crippen molar-refractivity contribution in [3.63, 3.8) is 0 Å². The van der Waals surface area contributed by atoms with Gasteiger partial charge in [0.2, 0.25) is 0 Å². The molecule has 0 bridgehead atoms. The molecule has 41 heavy (non-hydrogen) atoms. The van der Waals surface area contributed by atoms with Crippen LogP contribution in [0.25, 0.3) is 0 Å². The van der Waals surface area contributed by atoms with E-state index in [0.717, 1.165) is 33.6 Å². The number of hydrogen-bond donors (Lipinski definition) is 0. The van der Waals surface area contributed by atoms with Crippen LogP contribution in [0.4, 0.5) is 5.69 Å².